The van der Waals surface area contributed by atoms with Crippen molar-refractivity contribution in [1.29, 1.82) is 0 Å². The first-order valence-corrected chi connectivity index (χ1v) is 11.2. The van der Waals surface area contributed by atoms with Crippen LogP contribution in [0.25, 0.3) is 0 Å². The maximum absolute atomic E-state index is 11.7. The lowest BCUT2D eigenvalue weighted by Crippen LogP contribution is -2.50. The molecule has 9 nitrogen and oxygen atoms in total. The van der Waals surface area contributed by atoms with Crippen molar-refractivity contribution in [1.82, 2.24) is 5.16 Å². The predicted molar refractivity (Wildman–Crippen MR) is 110 cm³/mol. The van der Waals surface area contributed by atoms with Crippen molar-refractivity contribution in [3.63, 3.8) is 0 Å². The third-order valence-electron chi connectivity index (χ3n) is 4.64. The number of nitrogens with two attached hydrogens (primary N) is 2. The molecule has 0 amide bonds. The number of benzene rings is 1. The number of thioether (sulfide) groups is 1. The molecule has 3 heterocycles. The average molecular weight is 421 g/mol. The van der Waals surface area contributed by atoms with E-state index in [1.807, 2.05) is 18.7 Å². The van der Waals surface area contributed by atoms with Gasteiger partial charge in [-0.25, -0.2) is 13.4 Å². The number of sulfone groups is 1. The van der Waals surface area contributed by atoms with Gasteiger partial charge < -0.3 is 25.8 Å². The van der Waals surface area contributed by atoms with Crippen molar-refractivity contribution in [2.45, 2.75) is 30.4 Å². The monoisotopic (exact) mass is 420 g/mol. The van der Waals surface area contributed by atoms with E-state index in [1.54, 1.807) is 35.5 Å². The van der Waals surface area contributed by atoms with Gasteiger partial charge in [0.15, 0.2) is 15.6 Å². The molecule has 0 saturated carbocycles. The normalized spacial score (nSPS) is 22.2. The fourth-order valence-electron chi connectivity index (χ4n) is 3.31. The van der Waals surface area contributed by atoms with Crippen LogP contribution in [0.2, 0.25) is 0 Å². The fraction of sp³-hybridized carbons (Fsp3) is 0.294. The van der Waals surface area contributed by atoms with Gasteiger partial charge in [0.2, 0.25) is 0 Å². The first-order chi connectivity index (χ1) is 13.2. The van der Waals surface area contributed by atoms with E-state index in [2.05, 4.69) is 10.1 Å². The molecule has 0 radical (unpaired) electrons. The van der Waals surface area contributed by atoms with E-state index in [0.717, 1.165) is 22.1 Å². The third kappa shape index (κ3) is 3.00. The summed E-state index contributed by atoms with van der Waals surface area (Å²) < 4.78 is 28.7. The Morgan fingerprint density at radius 1 is 1.18 bits per heavy atom. The minimum Gasteiger partial charge on any atom is -0.359 e. The molecule has 2 aliphatic rings. The first-order valence-electron chi connectivity index (χ1n) is 8.45. The summed E-state index contributed by atoms with van der Waals surface area (Å²) in [4.78, 5) is 8.43. The smallest absolute Gasteiger partial charge is 0.175 e. The van der Waals surface area contributed by atoms with E-state index in [-0.39, 0.29) is 4.90 Å². The summed E-state index contributed by atoms with van der Waals surface area (Å²) in [5.74, 6) is 0.646. The maximum Gasteiger partial charge on any atom is 0.175 e. The molecule has 28 heavy (non-hydrogen) atoms. The SMILES string of the molecule is Cc1noc(C)c1N1C2=C(N=CN(c3ccc(S(C)(=O)=O)cc3)C2N)SC1N. The second-order valence-corrected chi connectivity index (χ2v) is 9.73. The molecule has 1 aromatic heterocycles. The van der Waals surface area contributed by atoms with Crippen LogP contribution in [0.15, 0.2) is 49.4 Å². The van der Waals surface area contributed by atoms with E-state index in [0.29, 0.717) is 11.5 Å². The number of aryl methyl sites for hydroxylation is 2. The first kappa shape index (κ1) is 19.0. The zero-order valence-electron chi connectivity index (χ0n) is 15.5. The molecule has 2 atom stereocenters. The van der Waals surface area contributed by atoms with E-state index < -0.39 is 21.5 Å². The van der Waals surface area contributed by atoms with Crippen LogP contribution >= 0.6 is 11.8 Å². The Kier molecular flexibility index (Phi) is 4.49. The second-order valence-electron chi connectivity index (χ2n) is 6.60. The van der Waals surface area contributed by atoms with Crippen LogP contribution in [0, 0.1) is 13.8 Å². The molecular weight excluding hydrogens is 400 g/mol. The van der Waals surface area contributed by atoms with Gasteiger partial charge in [0.05, 0.1) is 16.9 Å². The number of aliphatic imine (C=N–C) groups is 1. The molecule has 0 saturated heterocycles. The zero-order chi connectivity index (χ0) is 20.2. The molecule has 0 aliphatic carbocycles. The largest absolute Gasteiger partial charge is 0.359 e. The van der Waals surface area contributed by atoms with Gasteiger partial charge in [-0.3, -0.25) is 0 Å². The summed E-state index contributed by atoms with van der Waals surface area (Å²) in [6, 6.07) is 6.51. The maximum atomic E-state index is 11.7. The van der Waals surface area contributed by atoms with E-state index in [9.17, 15) is 8.42 Å². The average Bonchev–Trinajstić information content (AvgIpc) is 3.13. The molecule has 4 rings (SSSR count). The van der Waals surface area contributed by atoms with Crippen LogP contribution in [-0.2, 0) is 9.84 Å². The van der Waals surface area contributed by atoms with Crippen LogP contribution in [0.3, 0.4) is 0 Å². The highest BCUT2D eigenvalue weighted by atomic mass is 32.2. The van der Waals surface area contributed by atoms with Crippen LogP contribution in [0.1, 0.15) is 11.5 Å². The predicted octanol–water partition coefficient (Wildman–Crippen LogP) is 1.49. The standard InChI is InChI=1S/C17H20N6O3S2/c1-9-13(10(2)26-21-9)23-14-15(18)22(8-20-16(14)27-17(23)19)11-4-6-12(7-5-11)28(3,24)25/h4-8,15,17H,18-19H2,1-3H3. The van der Waals surface area contributed by atoms with Gasteiger partial charge in [-0.15, -0.1) is 0 Å². The van der Waals surface area contributed by atoms with Gasteiger partial charge in [0, 0.05) is 11.9 Å². The van der Waals surface area contributed by atoms with Gasteiger partial charge in [0.25, 0.3) is 0 Å². The number of hydrogen-bond donors (Lipinski definition) is 2. The van der Waals surface area contributed by atoms with Crippen molar-refractivity contribution in [2.75, 3.05) is 16.1 Å². The molecule has 2 aliphatic heterocycles. The minimum absolute atomic E-state index is 0.245. The minimum atomic E-state index is -3.27. The number of anilines is 2. The Bertz CT molecular complexity index is 1070. The quantitative estimate of drug-likeness (QED) is 0.758. The van der Waals surface area contributed by atoms with Gasteiger partial charge in [-0.2, -0.15) is 0 Å². The Morgan fingerprint density at radius 2 is 1.86 bits per heavy atom. The highest BCUT2D eigenvalue weighted by molar-refractivity contribution is 8.04. The molecule has 11 heteroatoms. The molecule has 2 unspecified atom stereocenters. The summed E-state index contributed by atoms with van der Waals surface area (Å²) >= 11 is 1.41. The summed E-state index contributed by atoms with van der Waals surface area (Å²) in [5.41, 5.74) is 15.5. The summed E-state index contributed by atoms with van der Waals surface area (Å²) in [7, 11) is -3.27. The zero-order valence-corrected chi connectivity index (χ0v) is 17.2. The molecule has 4 N–H and O–H groups in total. The van der Waals surface area contributed by atoms with Gasteiger partial charge in [-0.05, 0) is 38.1 Å². The molecule has 0 bridgehead atoms. The van der Waals surface area contributed by atoms with E-state index >= 15 is 0 Å². The molecule has 148 valence electrons. The molecule has 0 fully saturated rings. The second kappa shape index (κ2) is 6.62. The lowest BCUT2D eigenvalue weighted by atomic mass is 10.2. The lowest BCUT2D eigenvalue weighted by Gasteiger charge is -2.35. The molecule has 1 aromatic carbocycles. The number of aromatic nitrogens is 1. The summed E-state index contributed by atoms with van der Waals surface area (Å²) in [5, 5.41) is 4.75. The molecule has 0 spiro atoms. The number of nitrogens with zero attached hydrogens (tertiary/aromatic N) is 4. The Morgan fingerprint density at radius 3 is 2.43 bits per heavy atom. The van der Waals surface area contributed by atoms with E-state index in [4.69, 9.17) is 16.0 Å². The van der Waals surface area contributed by atoms with Gasteiger partial charge >= 0.3 is 0 Å². The van der Waals surface area contributed by atoms with Gasteiger partial charge in [0.1, 0.15) is 28.1 Å². The number of hydrogen-bond acceptors (Lipinski definition) is 10. The molecular formula is C17H20N6O3S2. The molecule has 2 aromatic rings. The Labute approximate surface area is 167 Å². The van der Waals surface area contributed by atoms with Crippen molar-refractivity contribution < 1.29 is 12.9 Å². The van der Waals surface area contributed by atoms with Crippen molar-refractivity contribution in [3.05, 3.63) is 46.4 Å². The fourth-order valence-corrected chi connectivity index (χ4v) is 4.95. The van der Waals surface area contributed by atoms with Crippen molar-refractivity contribution in [2.24, 2.45) is 16.5 Å². The van der Waals surface area contributed by atoms with Crippen LogP contribution in [0.5, 0.6) is 0 Å². The highest BCUT2D eigenvalue weighted by Gasteiger charge is 2.41. The van der Waals surface area contributed by atoms with Crippen LogP contribution in [0.4, 0.5) is 11.4 Å². The van der Waals surface area contributed by atoms with E-state index in [1.165, 1.54) is 18.0 Å². The Balaban J connectivity index is 1.71. The van der Waals surface area contributed by atoms with Crippen LogP contribution < -0.4 is 21.3 Å². The third-order valence-corrected chi connectivity index (χ3v) is 6.76. The topological polar surface area (TPSA) is 131 Å². The van der Waals surface area contributed by atoms with Crippen molar-refractivity contribution >= 4 is 39.3 Å². The summed E-state index contributed by atoms with van der Waals surface area (Å²) in [6.07, 6.45) is 2.24. The number of rotatable bonds is 3. The lowest BCUT2D eigenvalue weighted by molar-refractivity contribution is 0.393. The highest BCUT2D eigenvalue weighted by Crippen LogP contribution is 2.45. The van der Waals surface area contributed by atoms with Crippen LogP contribution in [-0.4, -0.2) is 37.8 Å². The van der Waals surface area contributed by atoms with Gasteiger partial charge in [-0.1, -0.05) is 16.9 Å². The summed E-state index contributed by atoms with van der Waals surface area (Å²) in [6.45, 7) is 3.67. The van der Waals surface area contributed by atoms with Crippen molar-refractivity contribution in [3.8, 4) is 0 Å². The Hall–Kier alpha value is -2.34.